The van der Waals surface area contributed by atoms with Crippen molar-refractivity contribution in [2.24, 2.45) is 0 Å². The second-order valence-electron chi connectivity index (χ2n) is 21.6. The fraction of sp³-hybridized carbons (Fsp3) is 0.0571. The number of nitrogens with zero attached hydrogens (tertiary/aromatic N) is 3. The molecule has 0 saturated carbocycles. The summed E-state index contributed by atoms with van der Waals surface area (Å²) in [5.41, 5.74) is 19.4. The molecule has 4 heterocycles. The van der Waals surface area contributed by atoms with Crippen LogP contribution in [-0.4, -0.2) is 14.9 Å². The van der Waals surface area contributed by atoms with Gasteiger partial charge in [0.2, 0.25) is 0 Å². The molecule has 0 atom stereocenters. The molecule has 0 saturated heterocycles. The highest BCUT2D eigenvalue weighted by Crippen LogP contribution is 2.52. The topological polar surface area (TPSA) is 22.9 Å². The van der Waals surface area contributed by atoms with Crippen LogP contribution >= 0.6 is 0 Å². The maximum Gasteiger partial charge on any atom is 0.333 e. The maximum absolute atomic E-state index is 6.94. The van der Waals surface area contributed by atoms with E-state index in [4.69, 9.17) is 4.42 Å². The van der Waals surface area contributed by atoms with E-state index in [-0.39, 0.29) is 12.3 Å². The third-order valence-corrected chi connectivity index (χ3v) is 21.2. The van der Waals surface area contributed by atoms with E-state index < -0.39 is 8.07 Å². The van der Waals surface area contributed by atoms with E-state index in [9.17, 15) is 0 Å². The molecule has 3 aliphatic rings. The molecule has 12 aromatic rings. The van der Waals surface area contributed by atoms with Crippen molar-refractivity contribution in [1.29, 1.82) is 0 Å². The Labute approximate surface area is 445 Å². The summed E-state index contributed by atoms with van der Waals surface area (Å²) in [6, 6.07) is 97.6. The van der Waals surface area contributed by atoms with Crippen molar-refractivity contribution < 1.29 is 4.42 Å². The average Bonchev–Trinajstić information content (AvgIpc) is 3.95. The molecule has 0 aliphatic carbocycles. The number of hydrogen-bond donors (Lipinski definition) is 0. The van der Waals surface area contributed by atoms with Crippen molar-refractivity contribution in [3.63, 3.8) is 0 Å². The van der Waals surface area contributed by atoms with Crippen LogP contribution in [0.15, 0.2) is 265 Å². The number of para-hydroxylation sites is 5. The summed E-state index contributed by atoms with van der Waals surface area (Å²) in [5, 5.41) is 7.71. The summed E-state index contributed by atoms with van der Waals surface area (Å²) < 4.78 is 6.94. The number of fused-ring (bicyclic) bond motifs is 9. The van der Waals surface area contributed by atoms with Crippen LogP contribution in [0, 0.1) is 0 Å². The Morgan fingerprint density at radius 2 is 1.03 bits per heavy atom. The van der Waals surface area contributed by atoms with Gasteiger partial charge in [0.05, 0.1) is 5.69 Å². The van der Waals surface area contributed by atoms with Crippen LogP contribution < -0.4 is 46.3 Å². The van der Waals surface area contributed by atoms with Crippen LogP contribution in [0.25, 0.3) is 44.2 Å². The summed E-state index contributed by atoms with van der Waals surface area (Å²) in [6.07, 6.45) is 0. The fourth-order valence-electron chi connectivity index (χ4n) is 13.1. The summed E-state index contributed by atoms with van der Waals surface area (Å²) in [5.74, 6) is 0. The van der Waals surface area contributed by atoms with E-state index in [0.717, 1.165) is 56.1 Å². The second kappa shape index (κ2) is 17.0. The zero-order chi connectivity index (χ0) is 50.7. The smallest absolute Gasteiger partial charge is 0.333 e. The maximum atomic E-state index is 6.94. The van der Waals surface area contributed by atoms with Gasteiger partial charge in [-0.2, -0.15) is 0 Å². The van der Waals surface area contributed by atoms with Crippen molar-refractivity contribution in [2.75, 3.05) is 14.6 Å². The van der Waals surface area contributed by atoms with Crippen LogP contribution in [0.1, 0.15) is 26.3 Å². The molecule has 15 rings (SSSR count). The summed E-state index contributed by atoms with van der Waals surface area (Å²) in [6.45, 7) is 6.70. The lowest BCUT2D eigenvalue weighted by Crippen LogP contribution is -2.79. The van der Waals surface area contributed by atoms with Gasteiger partial charge in [0.25, 0.3) is 0 Å². The lowest BCUT2D eigenvalue weighted by molar-refractivity contribution is 0.590. The number of rotatable bonds is 7. The van der Waals surface area contributed by atoms with E-state index in [1.54, 1.807) is 0 Å². The van der Waals surface area contributed by atoms with Crippen molar-refractivity contribution in [2.45, 2.75) is 26.2 Å². The number of hydrogen-bond acceptors (Lipinski definition) is 4. The van der Waals surface area contributed by atoms with Crippen LogP contribution in [0.2, 0.25) is 0 Å². The molecule has 360 valence electrons. The minimum absolute atomic E-state index is 0.0825. The van der Waals surface area contributed by atoms with Gasteiger partial charge in [-0.1, -0.05) is 209 Å². The van der Waals surface area contributed by atoms with E-state index in [2.05, 4.69) is 296 Å². The highest BCUT2D eigenvalue weighted by atomic mass is 28.3. The highest BCUT2D eigenvalue weighted by Gasteiger charge is 2.55. The largest absolute Gasteiger partial charge is 0.456 e. The molecule has 3 aliphatic heterocycles. The predicted molar refractivity (Wildman–Crippen MR) is 323 cm³/mol. The van der Waals surface area contributed by atoms with Crippen molar-refractivity contribution in [3.8, 4) is 22.3 Å². The molecule has 1 aromatic heterocycles. The summed E-state index contributed by atoms with van der Waals surface area (Å²) in [7, 11) is -3.00. The summed E-state index contributed by atoms with van der Waals surface area (Å²) in [4.78, 5) is 7.79. The molecule has 0 fully saturated rings. The molecule has 0 spiro atoms. The Kier molecular flexibility index (Phi) is 9.91. The third-order valence-electron chi connectivity index (χ3n) is 16.4. The lowest BCUT2D eigenvalue weighted by atomic mass is 9.43. The Hall–Kier alpha value is -9.10. The SMILES string of the molecule is CC(C)(C)c1ccc(N2c3cc4c(cc3B3c5c(cc(N(c6ccccc6)c6ccccc6)cc52)-c2cccc5c2N3c2ccccc2[Si]5(c2ccccc2)c2ccccc2)oc2ccccc24)c(-c2ccccc2)c1. The minimum Gasteiger partial charge on any atom is -0.456 e. The third kappa shape index (κ3) is 6.50. The molecular weight excluding hydrogens is 938 g/mol. The number of furan rings is 1. The standard InChI is InChI=1S/C70H52BN3OSi/c1-70(2,3)48-40-41-60(56(42-48)47-24-9-4-10-25-47)73-62-45-57-54-34-19-21-37-64(54)75-65(57)46-59(62)71-68-58(43-51(44-63(68)73)72(49-26-11-5-12-27-49)50-28-13-6-14-29-50)55-35-23-39-67-69(55)74(71)61-36-20-22-38-66(61)76(67,52-30-15-7-16-31-52)53-32-17-8-18-33-53/h4-46H,1-3H3. The molecule has 0 bridgehead atoms. The van der Waals surface area contributed by atoms with Crippen molar-refractivity contribution >= 4 is 114 Å². The van der Waals surface area contributed by atoms with Crippen LogP contribution in [-0.2, 0) is 5.41 Å². The van der Waals surface area contributed by atoms with Gasteiger partial charge in [-0.3, -0.25) is 0 Å². The average molecular weight is 990 g/mol. The molecule has 0 N–H and O–H groups in total. The van der Waals surface area contributed by atoms with Gasteiger partial charge in [-0.05, 0) is 127 Å². The molecule has 0 amide bonds. The van der Waals surface area contributed by atoms with E-state index in [0.29, 0.717) is 0 Å². The predicted octanol–water partition coefficient (Wildman–Crippen LogP) is 14.4. The van der Waals surface area contributed by atoms with Gasteiger partial charge in [0.1, 0.15) is 11.2 Å². The Balaban J connectivity index is 1.13. The number of benzene rings is 11. The lowest BCUT2D eigenvalue weighted by Gasteiger charge is -2.52. The van der Waals surface area contributed by atoms with Gasteiger partial charge >= 0.3 is 6.85 Å². The second-order valence-corrected chi connectivity index (χ2v) is 25.3. The van der Waals surface area contributed by atoms with Crippen molar-refractivity contribution in [3.05, 3.63) is 266 Å². The Morgan fingerprint density at radius 1 is 0.421 bits per heavy atom. The summed E-state index contributed by atoms with van der Waals surface area (Å²) >= 11 is 0. The number of anilines is 8. The molecule has 0 unspecified atom stereocenters. The molecule has 4 nitrogen and oxygen atoms in total. The molecule has 76 heavy (non-hydrogen) atoms. The van der Waals surface area contributed by atoms with Gasteiger partial charge < -0.3 is 19.0 Å². The molecule has 6 heteroatoms. The zero-order valence-corrected chi connectivity index (χ0v) is 43.7. The first-order valence-electron chi connectivity index (χ1n) is 26.5. The molecule has 11 aromatic carbocycles. The van der Waals surface area contributed by atoms with E-state index in [1.165, 1.54) is 70.9 Å². The van der Waals surface area contributed by atoms with E-state index >= 15 is 0 Å². The fourth-order valence-corrected chi connectivity index (χ4v) is 18.3. The van der Waals surface area contributed by atoms with E-state index in [1.807, 2.05) is 0 Å². The Morgan fingerprint density at radius 3 is 1.71 bits per heavy atom. The van der Waals surface area contributed by atoms with Gasteiger partial charge in [0.15, 0.2) is 8.07 Å². The van der Waals surface area contributed by atoms with Crippen molar-refractivity contribution in [1.82, 2.24) is 0 Å². The molecular formula is C70H52BN3OSi. The van der Waals surface area contributed by atoms with Gasteiger partial charge in [-0.25, -0.2) is 0 Å². The first kappa shape index (κ1) is 44.4. The minimum atomic E-state index is -3.00. The van der Waals surface area contributed by atoms with Crippen LogP contribution in [0.4, 0.5) is 45.5 Å². The highest BCUT2D eigenvalue weighted by molar-refractivity contribution is 7.22. The first-order chi connectivity index (χ1) is 37.4. The van der Waals surface area contributed by atoms with Crippen LogP contribution in [0.3, 0.4) is 0 Å². The normalized spacial score (nSPS) is 13.8. The molecule has 0 radical (unpaired) electrons. The first-order valence-corrected chi connectivity index (χ1v) is 28.5. The Bertz CT molecular complexity index is 4150. The van der Waals surface area contributed by atoms with Gasteiger partial charge in [0, 0.05) is 61.7 Å². The quantitative estimate of drug-likeness (QED) is 0.148. The monoisotopic (exact) mass is 989 g/mol. The zero-order valence-electron chi connectivity index (χ0n) is 42.7. The van der Waals surface area contributed by atoms with Gasteiger partial charge in [-0.15, -0.1) is 0 Å². The van der Waals surface area contributed by atoms with Crippen LogP contribution in [0.5, 0.6) is 0 Å².